The summed E-state index contributed by atoms with van der Waals surface area (Å²) in [5.74, 6) is 1.49. The van der Waals surface area contributed by atoms with Gasteiger partial charge in [0.1, 0.15) is 0 Å². The van der Waals surface area contributed by atoms with Gasteiger partial charge in [-0.1, -0.05) is 33.6 Å². The number of hydrogen-bond acceptors (Lipinski definition) is 2. The monoisotopic (exact) mass is 255 g/mol. The highest BCUT2D eigenvalue weighted by atomic mass is 32.1. The van der Waals surface area contributed by atoms with Crippen LogP contribution >= 0.6 is 23.6 Å². The Morgan fingerprint density at radius 3 is 2.56 bits per heavy atom. The molecule has 2 atom stereocenters. The van der Waals surface area contributed by atoms with E-state index in [0.29, 0.717) is 11.3 Å². The van der Waals surface area contributed by atoms with E-state index in [1.165, 1.54) is 31.4 Å². The standard InChI is InChI=1S/C13H21NS2/c1-13(2,3)10-7-5-4-6-9(10)11-8-16-12(15)14-11/h8-10H,4-7H2,1-3H3,(H,14,15). The van der Waals surface area contributed by atoms with Crippen molar-refractivity contribution >= 4 is 23.6 Å². The zero-order valence-electron chi connectivity index (χ0n) is 10.4. The summed E-state index contributed by atoms with van der Waals surface area (Å²) in [4.78, 5) is 3.38. The van der Waals surface area contributed by atoms with Crippen molar-refractivity contribution in [1.82, 2.24) is 4.98 Å². The van der Waals surface area contributed by atoms with E-state index in [1.54, 1.807) is 11.3 Å². The van der Waals surface area contributed by atoms with Gasteiger partial charge in [-0.2, -0.15) is 0 Å². The first kappa shape index (κ1) is 12.3. The van der Waals surface area contributed by atoms with Crippen LogP contribution in [-0.2, 0) is 0 Å². The fourth-order valence-corrected chi connectivity index (χ4v) is 3.92. The number of aromatic amines is 1. The van der Waals surface area contributed by atoms with Crippen LogP contribution in [-0.4, -0.2) is 4.98 Å². The van der Waals surface area contributed by atoms with Crippen LogP contribution in [0.5, 0.6) is 0 Å². The highest BCUT2D eigenvalue weighted by Gasteiger charge is 2.35. The lowest BCUT2D eigenvalue weighted by Gasteiger charge is -2.40. The molecule has 1 N–H and O–H groups in total. The molecule has 0 bridgehead atoms. The second-order valence-corrected chi connectivity index (χ2v) is 7.51. The second-order valence-electron chi connectivity index (χ2n) is 5.97. The topological polar surface area (TPSA) is 15.8 Å². The molecular formula is C13H21NS2. The summed E-state index contributed by atoms with van der Waals surface area (Å²) in [6, 6.07) is 0. The summed E-state index contributed by atoms with van der Waals surface area (Å²) >= 11 is 6.87. The molecule has 1 aromatic rings. The lowest BCUT2D eigenvalue weighted by Crippen LogP contribution is -2.29. The van der Waals surface area contributed by atoms with Gasteiger partial charge in [0.05, 0.1) is 0 Å². The molecule has 0 radical (unpaired) electrons. The molecule has 16 heavy (non-hydrogen) atoms. The van der Waals surface area contributed by atoms with Gasteiger partial charge in [0.25, 0.3) is 0 Å². The van der Waals surface area contributed by atoms with Crippen LogP contribution in [0.2, 0.25) is 0 Å². The second kappa shape index (κ2) is 4.61. The van der Waals surface area contributed by atoms with E-state index in [4.69, 9.17) is 12.2 Å². The Morgan fingerprint density at radius 1 is 1.31 bits per heavy atom. The van der Waals surface area contributed by atoms with E-state index in [2.05, 4.69) is 31.1 Å². The third-order valence-corrected chi connectivity index (χ3v) is 4.90. The molecule has 3 heteroatoms. The normalized spacial score (nSPS) is 26.9. The van der Waals surface area contributed by atoms with Crippen LogP contribution in [0, 0.1) is 15.3 Å². The number of H-pyrrole nitrogens is 1. The van der Waals surface area contributed by atoms with Crippen LogP contribution in [0.25, 0.3) is 0 Å². The average molecular weight is 255 g/mol. The largest absolute Gasteiger partial charge is 0.341 e. The Morgan fingerprint density at radius 2 is 2.00 bits per heavy atom. The van der Waals surface area contributed by atoms with Gasteiger partial charge in [-0.3, -0.25) is 0 Å². The van der Waals surface area contributed by atoms with Gasteiger partial charge in [0, 0.05) is 17.0 Å². The predicted molar refractivity (Wildman–Crippen MR) is 73.7 cm³/mol. The first-order valence-electron chi connectivity index (χ1n) is 6.16. The molecule has 1 aliphatic rings. The van der Waals surface area contributed by atoms with E-state index in [-0.39, 0.29) is 0 Å². The molecule has 90 valence electrons. The molecule has 0 aliphatic heterocycles. The van der Waals surface area contributed by atoms with Crippen molar-refractivity contribution in [3.8, 4) is 0 Å². The highest BCUT2D eigenvalue weighted by Crippen LogP contribution is 2.46. The highest BCUT2D eigenvalue weighted by molar-refractivity contribution is 7.73. The van der Waals surface area contributed by atoms with Gasteiger partial charge >= 0.3 is 0 Å². The third-order valence-electron chi connectivity index (χ3n) is 3.82. The van der Waals surface area contributed by atoms with Gasteiger partial charge in [-0.25, -0.2) is 0 Å². The minimum Gasteiger partial charge on any atom is -0.341 e. The molecule has 0 aromatic carbocycles. The maximum atomic E-state index is 5.20. The van der Waals surface area contributed by atoms with E-state index in [9.17, 15) is 0 Å². The van der Waals surface area contributed by atoms with Gasteiger partial charge in [0.2, 0.25) is 0 Å². The fourth-order valence-electron chi connectivity index (χ4n) is 3.01. The molecule has 0 saturated heterocycles. The summed E-state index contributed by atoms with van der Waals surface area (Å²) in [7, 11) is 0. The molecule has 1 fully saturated rings. The molecule has 2 unspecified atom stereocenters. The third kappa shape index (κ3) is 2.57. The number of hydrogen-bond donors (Lipinski definition) is 1. The van der Waals surface area contributed by atoms with Crippen LogP contribution in [0.1, 0.15) is 58.1 Å². The van der Waals surface area contributed by atoms with Gasteiger partial charge < -0.3 is 4.98 Å². The summed E-state index contributed by atoms with van der Waals surface area (Å²) in [5.41, 5.74) is 1.79. The Labute approximate surface area is 107 Å². The van der Waals surface area contributed by atoms with E-state index >= 15 is 0 Å². The van der Waals surface area contributed by atoms with Crippen molar-refractivity contribution in [1.29, 1.82) is 0 Å². The Hall–Kier alpha value is -0.150. The fraction of sp³-hybridized carbons (Fsp3) is 0.769. The molecular weight excluding hydrogens is 234 g/mol. The van der Waals surface area contributed by atoms with Gasteiger partial charge in [-0.05, 0) is 36.4 Å². The minimum atomic E-state index is 0.405. The van der Waals surface area contributed by atoms with Crippen molar-refractivity contribution < 1.29 is 0 Å². The maximum Gasteiger partial charge on any atom is 0.158 e. The molecule has 2 rings (SSSR count). The van der Waals surface area contributed by atoms with E-state index in [1.807, 2.05) is 0 Å². The molecule has 0 spiro atoms. The SMILES string of the molecule is CC(C)(C)C1CCCCC1c1csc(=S)[nH]1. The molecule has 1 saturated carbocycles. The zero-order chi connectivity index (χ0) is 11.8. The van der Waals surface area contributed by atoms with Crippen molar-refractivity contribution in [3.05, 3.63) is 15.0 Å². The molecule has 1 aliphatic carbocycles. The first-order valence-corrected chi connectivity index (χ1v) is 7.45. The summed E-state index contributed by atoms with van der Waals surface area (Å²) in [6.07, 6.45) is 5.45. The Bertz CT molecular complexity index is 397. The van der Waals surface area contributed by atoms with Crippen molar-refractivity contribution in [2.75, 3.05) is 0 Å². The summed E-state index contributed by atoms with van der Waals surface area (Å²) in [5, 5.41) is 2.23. The molecule has 1 nitrogen and oxygen atoms in total. The quantitative estimate of drug-likeness (QED) is 0.688. The molecule has 1 aromatic heterocycles. The van der Waals surface area contributed by atoms with E-state index in [0.717, 1.165) is 9.87 Å². The number of thiazole rings is 1. The summed E-state index contributed by atoms with van der Waals surface area (Å²) < 4.78 is 0.924. The van der Waals surface area contributed by atoms with Crippen LogP contribution in [0.3, 0.4) is 0 Å². The Kier molecular flexibility index (Phi) is 3.55. The van der Waals surface area contributed by atoms with Crippen LogP contribution in [0.15, 0.2) is 5.38 Å². The number of nitrogens with one attached hydrogen (secondary N) is 1. The van der Waals surface area contributed by atoms with E-state index < -0.39 is 0 Å². The molecule has 1 heterocycles. The molecule has 0 amide bonds. The maximum absolute atomic E-state index is 5.20. The van der Waals surface area contributed by atoms with Crippen molar-refractivity contribution in [2.45, 2.75) is 52.4 Å². The predicted octanol–water partition coefficient (Wildman–Crippen LogP) is 5.13. The Balaban J connectivity index is 2.26. The lowest BCUT2D eigenvalue weighted by molar-refractivity contribution is 0.149. The van der Waals surface area contributed by atoms with Crippen LogP contribution < -0.4 is 0 Å². The number of aromatic nitrogens is 1. The van der Waals surface area contributed by atoms with Crippen molar-refractivity contribution in [3.63, 3.8) is 0 Å². The van der Waals surface area contributed by atoms with Crippen LogP contribution in [0.4, 0.5) is 0 Å². The first-order chi connectivity index (χ1) is 7.48. The number of rotatable bonds is 1. The minimum absolute atomic E-state index is 0.405. The average Bonchev–Trinajstić information content (AvgIpc) is 2.64. The lowest BCUT2D eigenvalue weighted by atomic mass is 9.65. The van der Waals surface area contributed by atoms with Gasteiger partial charge in [-0.15, -0.1) is 11.3 Å². The zero-order valence-corrected chi connectivity index (χ0v) is 12.0. The smallest absolute Gasteiger partial charge is 0.158 e. The van der Waals surface area contributed by atoms with Crippen molar-refractivity contribution in [2.24, 2.45) is 11.3 Å². The van der Waals surface area contributed by atoms with Gasteiger partial charge in [0.15, 0.2) is 3.95 Å². The summed E-state index contributed by atoms with van der Waals surface area (Å²) in [6.45, 7) is 7.12.